The molecule has 1 N–H and O–H groups in total. The van der Waals surface area contributed by atoms with Crippen LogP contribution in [-0.4, -0.2) is 5.11 Å². The van der Waals surface area contributed by atoms with Crippen molar-refractivity contribution in [1.29, 1.82) is 0 Å². The summed E-state index contributed by atoms with van der Waals surface area (Å²) in [6, 6.07) is 5.93. The molecule has 1 heteroatoms. The van der Waals surface area contributed by atoms with Gasteiger partial charge in [0.2, 0.25) is 0 Å². The summed E-state index contributed by atoms with van der Waals surface area (Å²) in [5.74, 6) is 1.34. The normalized spacial score (nSPS) is 20.5. The van der Waals surface area contributed by atoms with E-state index >= 15 is 0 Å². The van der Waals surface area contributed by atoms with Crippen molar-refractivity contribution in [2.24, 2.45) is 5.92 Å². The molecule has 0 fully saturated rings. The third kappa shape index (κ3) is 1.77. The SMILES string of the molecule is CCCC1CCc2c(O)cccc2C1. The maximum Gasteiger partial charge on any atom is 0.119 e. The molecule has 1 unspecified atom stereocenters. The molecule has 0 spiro atoms. The van der Waals surface area contributed by atoms with Gasteiger partial charge in [-0.2, -0.15) is 0 Å². The number of fused-ring (bicyclic) bond motifs is 1. The third-order valence-electron chi connectivity index (χ3n) is 3.26. The van der Waals surface area contributed by atoms with Gasteiger partial charge in [0.15, 0.2) is 0 Å². The number of aromatic hydroxyl groups is 1. The van der Waals surface area contributed by atoms with Crippen LogP contribution in [0.25, 0.3) is 0 Å². The van der Waals surface area contributed by atoms with Gasteiger partial charge in [-0.25, -0.2) is 0 Å². The lowest BCUT2D eigenvalue weighted by Crippen LogP contribution is -2.13. The third-order valence-corrected chi connectivity index (χ3v) is 3.26. The fourth-order valence-electron chi connectivity index (χ4n) is 2.52. The molecule has 0 radical (unpaired) electrons. The average molecular weight is 190 g/mol. The van der Waals surface area contributed by atoms with Crippen LogP contribution in [-0.2, 0) is 12.8 Å². The summed E-state index contributed by atoms with van der Waals surface area (Å²) in [7, 11) is 0. The van der Waals surface area contributed by atoms with E-state index < -0.39 is 0 Å². The molecule has 1 aliphatic carbocycles. The molecule has 0 bridgehead atoms. The topological polar surface area (TPSA) is 20.2 Å². The van der Waals surface area contributed by atoms with Crippen LogP contribution < -0.4 is 0 Å². The van der Waals surface area contributed by atoms with Crippen LogP contribution in [0.1, 0.15) is 37.3 Å². The van der Waals surface area contributed by atoms with Gasteiger partial charge in [-0.15, -0.1) is 0 Å². The minimum Gasteiger partial charge on any atom is -0.508 e. The molecular formula is C13H18O. The molecule has 0 heterocycles. The first-order valence-corrected chi connectivity index (χ1v) is 5.61. The van der Waals surface area contributed by atoms with Crippen LogP contribution >= 0.6 is 0 Å². The van der Waals surface area contributed by atoms with Gasteiger partial charge in [-0.1, -0.05) is 31.9 Å². The summed E-state index contributed by atoms with van der Waals surface area (Å²) in [5, 5.41) is 9.67. The van der Waals surface area contributed by atoms with Gasteiger partial charge in [0, 0.05) is 0 Å². The summed E-state index contributed by atoms with van der Waals surface area (Å²) in [4.78, 5) is 0. The zero-order valence-electron chi connectivity index (χ0n) is 8.79. The summed E-state index contributed by atoms with van der Waals surface area (Å²) in [6.07, 6.45) is 6.08. The minimum atomic E-state index is 0.498. The first-order chi connectivity index (χ1) is 6.81. The number of phenols is 1. The molecule has 0 aliphatic heterocycles. The number of phenolic OH excluding ortho intramolecular Hbond substituents is 1. The molecule has 76 valence electrons. The molecule has 1 aliphatic rings. The number of hydrogen-bond donors (Lipinski definition) is 1. The Morgan fingerprint density at radius 3 is 3.07 bits per heavy atom. The average Bonchev–Trinajstić information content (AvgIpc) is 2.18. The van der Waals surface area contributed by atoms with Crippen LogP contribution in [0.2, 0.25) is 0 Å². The molecule has 0 amide bonds. The first kappa shape index (κ1) is 9.57. The molecule has 14 heavy (non-hydrogen) atoms. The molecule has 0 saturated carbocycles. The lowest BCUT2D eigenvalue weighted by atomic mass is 9.81. The summed E-state index contributed by atoms with van der Waals surface area (Å²) in [5.41, 5.74) is 2.56. The largest absolute Gasteiger partial charge is 0.508 e. The van der Waals surface area contributed by atoms with Crippen molar-refractivity contribution < 1.29 is 5.11 Å². The molecule has 1 atom stereocenters. The highest BCUT2D eigenvalue weighted by atomic mass is 16.3. The van der Waals surface area contributed by atoms with Gasteiger partial charge < -0.3 is 5.11 Å². The molecule has 2 rings (SSSR count). The van der Waals surface area contributed by atoms with E-state index in [9.17, 15) is 5.11 Å². The standard InChI is InChI=1S/C13H18O/c1-2-4-10-7-8-12-11(9-10)5-3-6-13(12)14/h3,5-6,10,14H,2,4,7-9H2,1H3. The summed E-state index contributed by atoms with van der Waals surface area (Å²) < 4.78 is 0. The van der Waals surface area contributed by atoms with Gasteiger partial charge in [-0.05, 0) is 42.4 Å². The fraction of sp³-hybridized carbons (Fsp3) is 0.538. The van der Waals surface area contributed by atoms with Crippen LogP contribution in [0.5, 0.6) is 5.75 Å². The maximum absolute atomic E-state index is 9.67. The fourth-order valence-corrected chi connectivity index (χ4v) is 2.52. The van der Waals surface area contributed by atoms with Crippen LogP contribution in [0, 0.1) is 5.92 Å². The van der Waals surface area contributed by atoms with E-state index in [-0.39, 0.29) is 0 Å². The number of rotatable bonds is 2. The van der Waals surface area contributed by atoms with Crippen LogP contribution in [0.4, 0.5) is 0 Å². The smallest absolute Gasteiger partial charge is 0.119 e. The van der Waals surface area contributed by atoms with Crippen molar-refractivity contribution in [1.82, 2.24) is 0 Å². The molecule has 0 aromatic heterocycles. The predicted molar refractivity (Wildman–Crippen MR) is 58.5 cm³/mol. The second-order valence-corrected chi connectivity index (χ2v) is 4.31. The highest BCUT2D eigenvalue weighted by Crippen LogP contribution is 2.32. The molecule has 0 saturated heterocycles. The van der Waals surface area contributed by atoms with E-state index in [0.717, 1.165) is 18.8 Å². The zero-order chi connectivity index (χ0) is 9.97. The highest BCUT2D eigenvalue weighted by Gasteiger charge is 2.19. The van der Waals surface area contributed by atoms with E-state index in [1.165, 1.54) is 30.4 Å². The van der Waals surface area contributed by atoms with Crippen LogP contribution in [0.3, 0.4) is 0 Å². The van der Waals surface area contributed by atoms with Crippen molar-refractivity contribution in [2.45, 2.75) is 39.0 Å². The van der Waals surface area contributed by atoms with Crippen molar-refractivity contribution in [3.8, 4) is 5.75 Å². The Morgan fingerprint density at radius 2 is 2.29 bits per heavy atom. The lowest BCUT2D eigenvalue weighted by Gasteiger charge is -2.24. The van der Waals surface area contributed by atoms with Gasteiger partial charge in [0.05, 0.1) is 0 Å². The molecule has 1 nitrogen and oxygen atoms in total. The van der Waals surface area contributed by atoms with Gasteiger partial charge in [0.1, 0.15) is 5.75 Å². The second-order valence-electron chi connectivity index (χ2n) is 4.31. The summed E-state index contributed by atoms with van der Waals surface area (Å²) >= 11 is 0. The van der Waals surface area contributed by atoms with Gasteiger partial charge in [0.25, 0.3) is 0 Å². The number of hydrogen-bond acceptors (Lipinski definition) is 1. The van der Waals surface area contributed by atoms with E-state index in [0.29, 0.717) is 5.75 Å². The summed E-state index contributed by atoms with van der Waals surface area (Å²) in [6.45, 7) is 2.25. The monoisotopic (exact) mass is 190 g/mol. The van der Waals surface area contributed by atoms with Crippen molar-refractivity contribution in [3.63, 3.8) is 0 Å². The van der Waals surface area contributed by atoms with E-state index in [1.807, 2.05) is 6.07 Å². The number of benzene rings is 1. The Labute approximate surface area is 85.8 Å². The molecule has 1 aromatic carbocycles. The Hall–Kier alpha value is -0.980. The van der Waals surface area contributed by atoms with Gasteiger partial charge in [-0.3, -0.25) is 0 Å². The molecule has 1 aromatic rings. The quantitative estimate of drug-likeness (QED) is 0.758. The second kappa shape index (κ2) is 4.04. The Kier molecular flexibility index (Phi) is 2.76. The lowest BCUT2D eigenvalue weighted by molar-refractivity contribution is 0.406. The van der Waals surface area contributed by atoms with Crippen molar-refractivity contribution in [3.05, 3.63) is 29.3 Å². The Bertz CT molecular complexity index is 317. The Morgan fingerprint density at radius 1 is 1.43 bits per heavy atom. The van der Waals surface area contributed by atoms with E-state index in [4.69, 9.17) is 0 Å². The predicted octanol–water partition coefficient (Wildman–Crippen LogP) is 3.30. The molecular weight excluding hydrogens is 172 g/mol. The Balaban J connectivity index is 2.18. The first-order valence-electron chi connectivity index (χ1n) is 5.61. The minimum absolute atomic E-state index is 0.498. The van der Waals surface area contributed by atoms with Crippen molar-refractivity contribution in [2.75, 3.05) is 0 Å². The van der Waals surface area contributed by atoms with Crippen LogP contribution in [0.15, 0.2) is 18.2 Å². The van der Waals surface area contributed by atoms with Gasteiger partial charge >= 0.3 is 0 Å². The maximum atomic E-state index is 9.67. The van der Waals surface area contributed by atoms with E-state index in [1.54, 1.807) is 6.07 Å². The van der Waals surface area contributed by atoms with E-state index in [2.05, 4.69) is 13.0 Å². The van der Waals surface area contributed by atoms with Crippen molar-refractivity contribution >= 4 is 0 Å². The zero-order valence-corrected chi connectivity index (χ0v) is 8.79. The highest BCUT2D eigenvalue weighted by molar-refractivity contribution is 5.40.